The summed E-state index contributed by atoms with van der Waals surface area (Å²) in [5.74, 6) is 0.779. The largest absolute Gasteiger partial charge is 0.354 e. The van der Waals surface area contributed by atoms with Crippen LogP contribution in [0.5, 0.6) is 0 Å². The predicted octanol–water partition coefficient (Wildman–Crippen LogP) is 0.461. The second-order valence-electron chi connectivity index (χ2n) is 6.42. The van der Waals surface area contributed by atoms with Gasteiger partial charge >= 0.3 is 0 Å². The van der Waals surface area contributed by atoms with Crippen molar-refractivity contribution in [3.05, 3.63) is 0 Å². The van der Waals surface area contributed by atoms with Crippen molar-refractivity contribution in [2.75, 3.05) is 39.0 Å². The molecule has 0 atom stereocenters. The Morgan fingerprint density at radius 3 is 2.30 bits per heavy atom. The minimum Gasteiger partial charge on any atom is -0.354 e. The number of carbonyl (C=O) groups excluding carboxylic acids is 1. The highest BCUT2D eigenvalue weighted by Crippen LogP contribution is 2.23. The van der Waals surface area contributed by atoms with E-state index in [-0.39, 0.29) is 41.6 Å². The number of hydrogen-bond acceptors (Lipinski definition) is 4. The molecule has 0 aromatic carbocycles. The molecule has 1 aliphatic rings. The Morgan fingerprint density at radius 1 is 1.26 bits per heavy atom. The van der Waals surface area contributed by atoms with E-state index >= 15 is 0 Å². The molecular formula is C14H29IN4O3S. The van der Waals surface area contributed by atoms with E-state index in [9.17, 15) is 13.2 Å². The highest BCUT2D eigenvalue weighted by atomic mass is 127. The summed E-state index contributed by atoms with van der Waals surface area (Å²) in [7, 11) is -1.39. The highest BCUT2D eigenvalue weighted by Gasteiger charge is 2.40. The summed E-state index contributed by atoms with van der Waals surface area (Å²) in [6.45, 7) is 9.07. The summed E-state index contributed by atoms with van der Waals surface area (Å²) in [5.41, 5.74) is 0. The van der Waals surface area contributed by atoms with E-state index in [4.69, 9.17) is 0 Å². The van der Waals surface area contributed by atoms with Crippen LogP contribution in [0, 0.1) is 5.92 Å². The van der Waals surface area contributed by atoms with Crippen molar-refractivity contribution in [1.82, 2.24) is 15.5 Å². The molecule has 1 amide bonds. The minimum atomic E-state index is -3.06. The number of amides is 1. The third-order valence-electron chi connectivity index (χ3n) is 3.79. The zero-order valence-electron chi connectivity index (χ0n) is 14.5. The van der Waals surface area contributed by atoms with Gasteiger partial charge in [0.05, 0.1) is 10.5 Å². The van der Waals surface area contributed by atoms with Crippen LogP contribution in [-0.2, 0) is 14.6 Å². The molecule has 0 aliphatic carbocycles. The van der Waals surface area contributed by atoms with E-state index in [2.05, 4.69) is 15.6 Å². The Morgan fingerprint density at radius 2 is 1.83 bits per heavy atom. The number of nitrogens with one attached hydrogen (secondary N) is 2. The Kier molecular flexibility index (Phi) is 8.82. The lowest BCUT2D eigenvalue weighted by atomic mass is 10.2. The van der Waals surface area contributed by atoms with Crippen LogP contribution in [0.25, 0.3) is 0 Å². The molecule has 0 unspecified atom stereocenters. The minimum absolute atomic E-state index is 0. The van der Waals surface area contributed by atoms with Gasteiger partial charge in [-0.3, -0.25) is 9.79 Å². The molecule has 0 radical (unpaired) electrons. The fourth-order valence-corrected chi connectivity index (χ4v) is 3.59. The van der Waals surface area contributed by atoms with Crippen molar-refractivity contribution in [2.45, 2.75) is 32.4 Å². The van der Waals surface area contributed by atoms with Gasteiger partial charge in [0.25, 0.3) is 0 Å². The van der Waals surface area contributed by atoms with Gasteiger partial charge in [0.1, 0.15) is 0 Å². The lowest BCUT2D eigenvalue weighted by Crippen LogP contribution is -2.57. The van der Waals surface area contributed by atoms with Gasteiger partial charge in [0, 0.05) is 39.1 Å². The summed E-state index contributed by atoms with van der Waals surface area (Å²) >= 11 is 0. The first-order valence-corrected chi connectivity index (χ1v) is 9.21. The zero-order valence-corrected chi connectivity index (χ0v) is 17.7. The predicted molar refractivity (Wildman–Crippen MR) is 104 cm³/mol. The molecule has 1 fully saturated rings. The Labute approximate surface area is 156 Å². The molecule has 0 saturated carbocycles. The monoisotopic (exact) mass is 460 g/mol. The molecule has 1 heterocycles. The van der Waals surface area contributed by atoms with Crippen LogP contribution < -0.4 is 10.6 Å². The third kappa shape index (κ3) is 6.09. The molecule has 1 aliphatic heterocycles. The Bertz CT molecular complexity index is 532. The van der Waals surface area contributed by atoms with E-state index in [1.54, 1.807) is 20.9 Å². The van der Waals surface area contributed by atoms with Crippen LogP contribution in [0.1, 0.15) is 27.7 Å². The van der Waals surface area contributed by atoms with E-state index in [0.717, 1.165) is 0 Å². The first-order valence-electron chi connectivity index (χ1n) is 7.56. The summed E-state index contributed by atoms with van der Waals surface area (Å²) < 4.78 is 23.3. The van der Waals surface area contributed by atoms with Crippen LogP contribution in [-0.4, -0.2) is 68.9 Å². The molecule has 23 heavy (non-hydrogen) atoms. The first kappa shape index (κ1) is 22.4. The summed E-state index contributed by atoms with van der Waals surface area (Å²) in [5, 5.41) is 5.99. The lowest BCUT2D eigenvalue weighted by Gasteiger charge is -2.39. The van der Waals surface area contributed by atoms with Gasteiger partial charge in [-0.15, -0.1) is 24.0 Å². The number of carbonyl (C=O) groups is 1. The SMILES string of the molecule is CN=C(NCCNC(=O)C(C)C)N1CCS(=O)(=O)C(C)(C)C1.I. The lowest BCUT2D eigenvalue weighted by molar-refractivity contribution is -0.123. The number of halogens is 1. The van der Waals surface area contributed by atoms with Gasteiger partial charge < -0.3 is 15.5 Å². The van der Waals surface area contributed by atoms with E-state index in [1.807, 2.05) is 18.7 Å². The molecular weight excluding hydrogens is 431 g/mol. The number of aliphatic imine (C=N–C) groups is 1. The topological polar surface area (TPSA) is 90.9 Å². The molecule has 0 aromatic rings. The van der Waals surface area contributed by atoms with Crippen molar-refractivity contribution in [3.63, 3.8) is 0 Å². The number of rotatable bonds is 4. The Balaban J connectivity index is 0.00000484. The van der Waals surface area contributed by atoms with Gasteiger partial charge in [-0.25, -0.2) is 8.42 Å². The molecule has 2 N–H and O–H groups in total. The zero-order chi connectivity index (χ0) is 17.0. The second kappa shape index (κ2) is 9.05. The fourth-order valence-electron chi connectivity index (χ4n) is 2.22. The number of guanidine groups is 1. The van der Waals surface area contributed by atoms with E-state index in [1.165, 1.54) is 0 Å². The van der Waals surface area contributed by atoms with Crippen molar-refractivity contribution in [1.29, 1.82) is 0 Å². The van der Waals surface area contributed by atoms with E-state index < -0.39 is 14.6 Å². The summed E-state index contributed by atoms with van der Waals surface area (Å²) in [4.78, 5) is 17.6. The number of nitrogens with zero attached hydrogens (tertiary/aromatic N) is 2. The molecule has 0 aromatic heterocycles. The van der Waals surface area contributed by atoms with Crippen molar-refractivity contribution in [3.8, 4) is 0 Å². The molecule has 0 bridgehead atoms. The van der Waals surface area contributed by atoms with Crippen LogP contribution in [0.4, 0.5) is 0 Å². The molecule has 0 spiro atoms. The quantitative estimate of drug-likeness (QED) is 0.276. The number of sulfone groups is 1. The van der Waals surface area contributed by atoms with E-state index in [0.29, 0.717) is 32.1 Å². The maximum atomic E-state index is 12.0. The second-order valence-corrected chi connectivity index (χ2v) is 9.16. The van der Waals surface area contributed by atoms with Crippen LogP contribution in [0.3, 0.4) is 0 Å². The highest BCUT2D eigenvalue weighted by molar-refractivity contribution is 14.0. The average Bonchev–Trinajstić information content (AvgIpc) is 2.42. The molecule has 1 saturated heterocycles. The molecule has 9 heteroatoms. The average molecular weight is 460 g/mol. The molecule has 7 nitrogen and oxygen atoms in total. The Hall–Kier alpha value is -0.580. The van der Waals surface area contributed by atoms with Crippen LogP contribution >= 0.6 is 24.0 Å². The maximum Gasteiger partial charge on any atom is 0.222 e. The molecule has 136 valence electrons. The van der Waals surface area contributed by atoms with Gasteiger partial charge in [0.2, 0.25) is 5.91 Å². The molecule has 1 rings (SSSR count). The van der Waals surface area contributed by atoms with Crippen molar-refractivity contribution < 1.29 is 13.2 Å². The van der Waals surface area contributed by atoms with Gasteiger partial charge in [-0.1, -0.05) is 13.8 Å². The standard InChI is InChI=1S/C14H28N4O3S.HI/c1-11(2)12(19)16-6-7-17-13(15-5)18-8-9-22(20,21)14(3,4)10-18;/h11H,6-10H2,1-5H3,(H,15,17)(H,16,19);1H. The smallest absolute Gasteiger partial charge is 0.222 e. The summed E-state index contributed by atoms with van der Waals surface area (Å²) in [6, 6.07) is 0. The van der Waals surface area contributed by atoms with Crippen LogP contribution in [0.15, 0.2) is 4.99 Å². The third-order valence-corrected chi connectivity index (χ3v) is 6.32. The van der Waals surface area contributed by atoms with Crippen molar-refractivity contribution >= 4 is 45.7 Å². The summed E-state index contributed by atoms with van der Waals surface area (Å²) in [6.07, 6.45) is 0. The normalized spacial score (nSPS) is 19.9. The van der Waals surface area contributed by atoms with Gasteiger partial charge in [0.15, 0.2) is 15.8 Å². The van der Waals surface area contributed by atoms with Crippen molar-refractivity contribution in [2.24, 2.45) is 10.9 Å². The maximum absolute atomic E-state index is 12.0. The van der Waals surface area contributed by atoms with Crippen LogP contribution in [0.2, 0.25) is 0 Å². The first-order chi connectivity index (χ1) is 10.1. The number of hydrogen-bond donors (Lipinski definition) is 2. The van der Waals surface area contributed by atoms with Gasteiger partial charge in [-0.05, 0) is 13.8 Å². The van der Waals surface area contributed by atoms with Gasteiger partial charge in [-0.2, -0.15) is 0 Å². The fraction of sp³-hybridized carbons (Fsp3) is 0.857.